The molecule has 0 aliphatic heterocycles. The zero-order valence-corrected chi connectivity index (χ0v) is 7.84. The zero-order chi connectivity index (χ0) is 10.3. The van der Waals surface area contributed by atoms with Crippen molar-refractivity contribution in [2.24, 2.45) is 0 Å². The average Bonchev–Trinajstić information content (AvgIpc) is 2.10. The SMILES string of the molecule is C.C.C.C.C.C.CC(O)COC(=O)OC(CO)CO.O. The largest absolute Gasteiger partial charge is 0.508 e. The van der Waals surface area contributed by atoms with Gasteiger partial charge in [-0.15, -0.1) is 0 Å². The minimum absolute atomic E-state index is 0. The van der Waals surface area contributed by atoms with Gasteiger partial charge in [0.05, 0.1) is 19.3 Å². The second-order valence-electron chi connectivity index (χ2n) is 2.52. The highest BCUT2D eigenvalue weighted by molar-refractivity contribution is 5.60. The van der Waals surface area contributed by atoms with Crippen molar-refractivity contribution in [1.29, 1.82) is 0 Å². The highest BCUT2D eigenvalue weighted by Crippen LogP contribution is 1.94. The molecule has 1 atom stereocenters. The van der Waals surface area contributed by atoms with E-state index in [1.807, 2.05) is 0 Å². The molecule has 0 saturated carbocycles. The molecule has 0 bridgehead atoms. The molecule has 0 aromatic carbocycles. The van der Waals surface area contributed by atoms with Gasteiger partial charge in [0.1, 0.15) is 6.61 Å². The Balaban J connectivity index is -0.0000000343. The molecule has 7 nitrogen and oxygen atoms in total. The Morgan fingerprint density at radius 2 is 1.35 bits per heavy atom. The number of carbonyl (C=O) groups is 1. The van der Waals surface area contributed by atoms with Crippen LogP contribution in [0.3, 0.4) is 0 Å². The Morgan fingerprint density at radius 1 is 1.00 bits per heavy atom. The van der Waals surface area contributed by atoms with Crippen molar-refractivity contribution in [1.82, 2.24) is 0 Å². The van der Waals surface area contributed by atoms with Gasteiger partial charge in [-0.05, 0) is 6.92 Å². The van der Waals surface area contributed by atoms with Crippen LogP contribution in [-0.2, 0) is 9.47 Å². The van der Waals surface area contributed by atoms with Crippen molar-refractivity contribution in [2.45, 2.75) is 63.7 Å². The summed E-state index contributed by atoms with van der Waals surface area (Å²) in [6.07, 6.45) is -2.76. The monoisotopic (exact) mass is 308 g/mol. The molecule has 0 aliphatic carbocycles. The lowest BCUT2D eigenvalue weighted by molar-refractivity contribution is -0.0296. The third-order valence-corrected chi connectivity index (χ3v) is 1.11. The Bertz CT molecular complexity index is 148. The first-order valence-electron chi connectivity index (χ1n) is 3.83. The van der Waals surface area contributed by atoms with E-state index in [0.29, 0.717) is 0 Å². The van der Waals surface area contributed by atoms with Crippen molar-refractivity contribution in [3.8, 4) is 0 Å². The van der Waals surface area contributed by atoms with Gasteiger partial charge in [-0.1, -0.05) is 44.6 Å². The summed E-state index contributed by atoms with van der Waals surface area (Å²) in [6, 6.07) is 0. The van der Waals surface area contributed by atoms with Crippen LogP contribution in [0.5, 0.6) is 0 Å². The fourth-order valence-corrected chi connectivity index (χ4v) is 0.491. The summed E-state index contributed by atoms with van der Waals surface area (Å²) in [7, 11) is 0. The molecule has 0 aliphatic rings. The van der Waals surface area contributed by atoms with Crippen molar-refractivity contribution in [3.63, 3.8) is 0 Å². The molecule has 134 valence electrons. The third kappa shape index (κ3) is 30.3. The number of rotatable bonds is 5. The van der Waals surface area contributed by atoms with Gasteiger partial charge in [0.2, 0.25) is 0 Å². The van der Waals surface area contributed by atoms with E-state index >= 15 is 0 Å². The molecule has 5 N–H and O–H groups in total. The third-order valence-electron chi connectivity index (χ3n) is 1.11. The maximum Gasteiger partial charge on any atom is 0.508 e. The molecule has 1 unspecified atom stereocenters. The van der Waals surface area contributed by atoms with Crippen molar-refractivity contribution in [3.05, 3.63) is 0 Å². The van der Waals surface area contributed by atoms with Gasteiger partial charge in [0.25, 0.3) is 0 Å². The van der Waals surface area contributed by atoms with Crippen LogP contribution < -0.4 is 0 Å². The predicted molar refractivity (Wildman–Crippen MR) is 86.1 cm³/mol. The number of carbonyl (C=O) groups excluding carboxylic acids is 1. The summed E-state index contributed by atoms with van der Waals surface area (Å²) >= 11 is 0. The van der Waals surface area contributed by atoms with E-state index < -0.39 is 31.6 Å². The molecule has 20 heavy (non-hydrogen) atoms. The van der Waals surface area contributed by atoms with Gasteiger partial charge in [0, 0.05) is 0 Å². The minimum atomic E-state index is -1.02. The van der Waals surface area contributed by atoms with Gasteiger partial charge < -0.3 is 30.3 Å². The van der Waals surface area contributed by atoms with Crippen LogP contribution in [0.15, 0.2) is 0 Å². The van der Waals surface area contributed by atoms with E-state index in [1.54, 1.807) is 0 Å². The van der Waals surface area contributed by atoms with Gasteiger partial charge >= 0.3 is 6.16 Å². The molecule has 0 aromatic heterocycles. The molecule has 7 heteroatoms. The standard InChI is InChI=1S/C7H14O6.6CH4.H2O/c1-5(10)4-12-7(11)13-6(2-8)3-9;;;;;;;/h5-6,8-10H,2-4H2,1H3;6*1H4;1H2. The molecule has 0 aromatic rings. The molecule has 0 spiro atoms. The molecule has 0 amide bonds. The van der Waals surface area contributed by atoms with Crippen LogP contribution in [-0.4, -0.2) is 59.0 Å². The average molecular weight is 308 g/mol. The summed E-state index contributed by atoms with van der Waals surface area (Å²) in [5.74, 6) is 0. The first-order chi connectivity index (χ1) is 6.10. The van der Waals surface area contributed by atoms with Crippen LogP contribution in [0, 0.1) is 0 Å². The fourth-order valence-electron chi connectivity index (χ4n) is 0.491. The van der Waals surface area contributed by atoms with Gasteiger partial charge in [-0.2, -0.15) is 0 Å². The second-order valence-corrected chi connectivity index (χ2v) is 2.52. The number of hydrogen-bond acceptors (Lipinski definition) is 6. The van der Waals surface area contributed by atoms with Crippen LogP contribution in [0.2, 0.25) is 0 Å². The molecular formula is C13H40O7. The maximum atomic E-state index is 10.7. The summed E-state index contributed by atoms with van der Waals surface area (Å²) in [5, 5.41) is 25.7. The van der Waals surface area contributed by atoms with Gasteiger partial charge in [-0.25, -0.2) is 4.79 Å². The zero-order valence-electron chi connectivity index (χ0n) is 7.84. The predicted octanol–water partition coefficient (Wildman–Crippen LogP) is 1.87. The van der Waals surface area contributed by atoms with Crippen molar-refractivity contribution in [2.75, 3.05) is 19.8 Å². The van der Waals surface area contributed by atoms with E-state index in [2.05, 4.69) is 9.47 Å². The first-order valence-corrected chi connectivity index (χ1v) is 3.83. The Labute approximate surface area is 125 Å². The lowest BCUT2D eigenvalue weighted by Crippen LogP contribution is -2.27. The smallest absolute Gasteiger partial charge is 0.432 e. The molecule has 0 heterocycles. The summed E-state index contributed by atoms with van der Waals surface area (Å²) in [6.45, 7) is 0.325. The van der Waals surface area contributed by atoms with Crippen LogP contribution in [0.1, 0.15) is 51.5 Å². The summed E-state index contributed by atoms with van der Waals surface area (Å²) < 4.78 is 8.83. The number of aliphatic hydroxyl groups is 3. The Kier molecular flexibility index (Phi) is 78.3. The highest BCUT2D eigenvalue weighted by atomic mass is 16.7. The topological polar surface area (TPSA) is 128 Å². The second kappa shape index (κ2) is 30.8. The molecular weight excluding hydrogens is 268 g/mol. The Hall–Kier alpha value is -0.890. The highest BCUT2D eigenvalue weighted by Gasteiger charge is 2.13. The van der Waals surface area contributed by atoms with E-state index in [1.165, 1.54) is 6.92 Å². The van der Waals surface area contributed by atoms with Crippen LogP contribution in [0.25, 0.3) is 0 Å². The maximum absolute atomic E-state index is 10.7. The quantitative estimate of drug-likeness (QED) is 0.665. The van der Waals surface area contributed by atoms with Crippen molar-refractivity contribution < 1.29 is 35.1 Å². The van der Waals surface area contributed by atoms with Crippen molar-refractivity contribution >= 4 is 6.16 Å². The van der Waals surface area contributed by atoms with E-state index in [4.69, 9.17) is 15.3 Å². The number of ether oxygens (including phenoxy) is 2. The van der Waals surface area contributed by atoms with E-state index in [9.17, 15) is 4.79 Å². The molecule has 0 saturated heterocycles. The van der Waals surface area contributed by atoms with Gasteiger partial charge in [-0.3, -0.25) is 0 Å². The number of aliphatic hydroxyl groups excluding tert-OH is 3. The van der Waals surface area contributed by atoms with Gasteiger partial charge in [0.15, 0.2) is 6.10 Å². The van der Waals surface area contributed by atoms with E-state index in [0.717, 1.165) is 0 Å². The Morgan fingerprint density at radius 3 is 1.60 bits per heavy atom. The summed E-state index contributed by atoms with van der Waals surface area (Å²) in [5.41, 5.74) is 0. The normalized spacial score (nSPS) is 8.25. The summed E-state index contributed by atoms with van der Waals surface area (Å²) in [4.78, 5) is 10.7. The lowest BCUT2D eigenvalue weighted by Gasteiger charge is -2.12. The van der Waals surface area contributed by atoms with Crippen LogP contribution >= 0.6 is 0 Å². The molecule has 0 fully saturated rings. The first kappa shape index (κ1) is 50.8. The minimum Gasteiger partial charge on any atom is -0.432 e. The van der Waals surface area contributed by atoms with E-state index in [-0.39, 0.29) is 56.6 Å². The van der Waals surface area contributed by atoms with Crippen LogP contribution in [0.4, 0.5) is 4.79 Å². The lowest BCUT2D eigenvalue weighted by atomic mass is 10.4. The fraction of sp³-hybridized carbons (Fsp3) is 0.923. The molecule has 0 rings (SSSR count). The molecule has 0 radical (unpaired) electrons. The number of hydrogen-bond donors (Lipinski definition) is 3.